The van der Waals surface area contributed by atoms with E-state index in [0.29, 0.717) is 10.7 Å². The van der Waals surface area contributed by atoms with E-state index in [0.717, 1.165) is 62.0 Å². The first-order valence-corrected chi connectivity index (χ1v) is 10.4. The van der Waals surface area contributed by atoms with Crippen LogP contribution in [0.25, 0.3) is 10.9 Å². The number of benzene rings is 2. The molecule has 1 N–H and O–H groups in total. The van der Waals surface area contributed by atoms with Crippen LogP contribution in [0.5, 0.6) is 0 Å². The van der Waals surface area contributed by atoms with Crippen LogP contribution in [0.1, 0.15) is 28.9 Å². The molecule has 2 aliphatic heterocycles. The Hall–Kier alpha value is -2.37. The molecule has 0 unspecified atom stereocenters. The fourth-order valence-electron chi connectivity index (χ4n) is 4.65. The topological polar surface area (TPSA) is 39.3 Å². The Balaban J connectivity index is 1.17. The molecule has 0 atom stereocenters. The third-order valence-electron chi connectivity index (χ3n) is 6.39. The van der Waals surface area contributed by atoms with Crippen LogP contribution < -0.4 is 0 Å². The smallest absolute Gasteiger partial charge is 0.270 e. The number of rotatable bonds is 3. The van der Waals surface area contributed by atoms with E-state index in [-0.39, 0.29) is 17.1 Å². The third-order valence-corrected chi connectivity index (χ3v) is 6.62. The lowest BCUT2D eigenvalue weighted by Crippen LogP contribution is -2.61. The van der Waals surface area contributed by atoms with Gasteiger partial charge in [-0.05, 0) is 67.9 Å². The van der Waals surface area contributed by atoms with Gasteiger partial charge in [0.15, 0.2) is 0 Å². The second kappa shape index (κ2) is 7.15. The van der Waals surface area contributed by atoms with Crippen molar-refractivity contribution in [2.24, 2.45) is 5.41 Å². The maximum absolute atomic E-state index is 13.1. The number of nitrogens with zero attached hydrogens (tertiary/aromatic N) is 2. The number of aromatic amines is 1. The van der Waals surface area contributed by atoms with Crippen molar-refractivity contribution in [1.82, 2.24) is 14.8 Å². The highest BCUT2D eigenvalue weighted by Crippen LogP contribution is 2.41. The molecule has 0 radical (unpaired) electrons. The number of carbonyl (C=O) groups excluding carboxylic acids is 1. The van der Waals surface area contributed by atoms with Gasteiger partial charge in [-0.25, -0.2) is 4.39 Å². The van der Waals surface area contributed by atoms with Crippen molar-refractivity contribution in [3.05, 3.63) is 70.6 Å². The second-order valence-corrected chi connectivity index (χ2v) is 8.91. The molecule has 2 aromatic carbocycles. The zero-order valence-corrected chi connectivity index (χ0v) is 16.9. The summed E-state index contributed by atoms with van der Waals surface area (Å²) in [6, 6.07) is 14.3. The normalized spacial score (nSPS) is 18.9. The molecule has 1 aromatic heterocycles. The summed E-state index contributed by atoms with van der Waals surface area (Å²) in [6.07, 6.45) is 2.20. The van der Waals surface area contributed by atoms with Crippen molar-refractivity contribution >= 4 is 28.4 Å². The SMILES string of the molecule is O=C(c1cc2cc(Cl)ccc2[nH]1)N1CC2(CCN(Cc3ccc(F)cc3)CC2)C1. The Morgan fingerprint density at radius 3 is 2.52 bits per heavy atom. The molecule has 1 spiro atoms. The van der Waals surface area contributed by atoms with Gasteiger partial charge in [-0.1, -0.05) is 23.7 Å². The molecule has 0 saturated carbocycles. The fourth-order valence-corrected chi connectivity index (χ4v) is 4.83. The highest BCUT2D eigenvalue weighted by Gasteiger charge is 2.46. The summed E-state index contributed by atoms with van der Waals surface area (Å²) in [4.78, 5) is 20.4. The Morgan fingerprint density at radius 1 is 1.07 bits per heavy atom. The number of piperidine rings is 1. The molecule has 2 saturated heterocycles. The van der Waals surface area contributed by atoms with Crippen LogP contribution in [0.2, 0.25) is 5.02 Å². The summed E-state index contributed by atoms with van der Waals surface area (Å²) in [5.74, 6) is -0.125. The van der Waals surface area contributed by atoms with Gasteiger partial charge in [-0.3, -0.25) is 9.69 Å². The summed E-state index contributed by atoms with van der Waals surface area (Å²) >= 11 is 6.05. The molecule has 2 fully saturated rings. The molecular weight excluding hydrogens is 389 g/mol. The van der Waals surface area contributed by atoms with Gasteiger partial charge in [-0.2, -0.15) is 0 Å². The van der Waals surface area contributed by atoms with Crippen molar-refractivity contribution < 1.29 is 9.18 Å². The van der Waals surface area contributed by atoms with Gasteiger partial charge in [0.2, 0.25) is 0 Å². The van der Waals surface area contributed by atoms with Crippen LogP contribution in [0.15, 0.2) is 48.5 Å². The zero-order valence-electron chi connectivity index (χ0n) is 16.1. The Labute approximate surface area is 174 Å². The van der Waals surface area contributed by atoms with Gasteiger partial charge in [0.1, 0.15) is 11.5 Å². The first kappa shape index (κ1) is 18.6. The number of amides is 1. The average Bonchev–Trinajstić information content (AvgIpc) is 3.11. The molecule has 3 aromatic rings. The molecule has 0 aliphatic carbocycles. The van der Waals surface area contributed by atoms with E-state index in [1.54, 1.807) is 0 Å². The van der Waals surface area contributed by atoms with Crippen molar-refractivity contribution in [2.75, 3.05) is 26.2 Å². The largest absolute Gasteiger partial charge is 0.351 e. The molecule has 4 nitrogen and oxygen atoms in total. The molecular formula is C23H23ClFN3O. The predicted octanol–water partition coefficient (Wildman–Crippen LogP) is 4.70. The molecule has 0 bridgehead atoms. The van der Waals surface area contributed by atoms with Crippen molar-refractivity contribution in [1.29, 1.82) is 0 Å². The summed E-state index contributed by atoms with van der Waals surface area (Å²) in [5.41, 5.74) is 2.96. The highest BCUT2D eigenvalue weighted by molar-refractivity contribution is 6.31. The molecule has 150 valence electrons. The van der Waals surface area contributed by atoms with E-state index in [2.05, 4.69) is 9.88 Å². The van der Waals surface area contributed by atoms with E-state index < -0.39 is 0 Å². The van der Waals surface area contributed by atoms with E-state index in [1.165, 1.54) is 12.1 Å². The predicted molar refractivity (Wildman–Crippen MR) is 113 cm³/mol. The summed E-state index contributed by atoms with van der Waals surface area (Å²) in [5, 5.41) is 1.64. The lowest BCUT2D eigenvalue weighted by Gasteiger charge is -2.54. The van der Waals surface area contributed by atoms with Crippen molar-refractivity contribution in [3.8, 4) is 0 Å². The maximum Gasteiger partial charge on any atom is 0.270 e. The van der Waals surface area contributed by atoms with Crippen LogP contribution in [0.3, 0.4) is 0 Å². The number of aromatic nitrogens is 1. The Bertz CT molecular complexity index is 1050. The first-order chi connectivity index (χ1) is 14.0. The third kappa shape index (κ3) is 3.65. The molecule has 29 heavy (non-hydrogen) atoms. The van der Waals surface area contributed by atoms with Crippen LogP contribution >= 0.6 is 11.6 Å². The number of halogens is 2. The van der Waals surface area contributed by atoms with Gasteiger partial charge in [0.05, 0.1) is 0 Å². The van der Waals surface area contributed by atoms with Crippen LogP contribution in [0.4, 0.5) is 4.39 Å². The van der Waals surface area contributed by atoms with E-state index in [9.17, 15) is 9.18 Å². The van der Waals surface area contributed by atoms with Gasteiger partial charge < -0.3 is 9.88 Å². The first-order valence-electron chi connectivity index (χ1n) is 10.0. The minimum atomic E-state index is -0.191. The van der Waals surface area contributed by atoms with E-state index in [1.807, 2.05) is 41.3 Å². The second-order valence-electron chi connectivity index (χ2n) is 8.48. The van der Waals surface area contributed by atoms with Crippen LogP contribution in [0, 0.1) is 11.2 Å². The number of fused-ring (bicyclic) bond motifs is 1. The van der Waals surface area contributed by atoms with Crippen LogP contribution in [-0.4, -0.2) is 46.9 Å². The zero-order chi connectivity index (χ0) is 20.0. The summed E-state index contributed by atoms with van der Waals surface area (Å²) in [6.45, 7) is 4.55. The molecule has 5 rings (SSSR count). The lowest BCUT2D eigenvalue weighted by atomic mass is 9.72. The number of hydrogen-bond acceptors (Lipinski definition) is 2. The molecule has 1 amide bonds. The maximum atomic E-state index is 13.1. The van der Waals surface area contributed by atoms with Gasteiger partial charge in [0, 0.05) is 41.0 Å². The lowest BCUT2D eigenvalue weighted by molar-refractivity contribution is -0.0338. The molecule has 6 heteroatoms. The number of likely N-dealkylation sites (tertiary alicyclic amines) is 2. The molecule has 3 heterocycles. The Morgan fingerprint density at radius 2 is 1.79 bits per heavy atom. The van der Waals surface area contributed by atoms with E-state index >= 15 is 0 Å². The minimum absolute atomic E-state index is 0.0664. The number of carbonyl (C=O) groups is 1. The van der Waals surface area contributed by atoms with Crippen molar-refractivity contribution in [2.45, 2.75) is 19.4 Å². The van der Waals surface area contributed by atoms with Crippen molar-refractivity contribution in [3.63, 3.8) is 0 Å². The number of nitrogens with one attached hydrogen (secondary N) is 1. The Kier molecular flexibility index (Phi) is 4.60. The fraction of sp³-hybridized carbons (Fsp3) is 0.348. The van der Waals surface area contributed by atoms with Gasteiger partial charge >= 0.3 is 0 Å². The van der Waals surface area contributed by atoms with Crippen LogP contribution in [-0.2, 0) is 6.54 Å². The number of hydrogen-bond donors (Lipinski definition) is 1. The minimum Gasteiger partial charge on any atom is -0.351 e. The van der Waals surface area contributed by atoms with Gasteiger partial charge in [-0.15, -0.1) is 0 Å². The van der Waals surface area contributed by atoms with E-state index in [4.69, 9.17) is 11.6 Å². The van der Waals surface area contributed by atoms with Gasteiger partial charge in [0.25, 0.3) is 5.91 Å². The summed E-state index contributed by atoms with van der Waals surface area (Å²) < 4.78 is 13.1. The monoisotopic (exact) mass is 411 g/mol. The quantitative estimate of drug-likeness (QED) is 0.678. The average molecular weight is 412 g/mol. The number of H-pyrrole nitrogens is 1. The standard InChI is InChI=1S/C23H23ClFN3O/c24-18-3-6-20-17(11-18)12-21(26-20)22(29)28-14-23(15-28)7-9-27(10-8-23)13-16-1-4-19(25)5-2-16/h1-6,11-12,26H,7-10,13-15H2. The summed E-state index contributed by atoms with van der Waals surface area (Å²) in [7, 11) is 0. The highest BCUT2D eigenvalue weighted by atomic mass is 35.5. The molecule has 2 aliphatic rings.